The van der Waals surface area contributed by atoms with Gasteiger partial charge < -0.3 is 5.73 Å². The standard InChI is InChI=1S/C7H8N2OS2/c8-4-5-6(9-10)2-1-3-7(5)12-11/h1-3,11H,4,8H2. The lowest BCUT2D eigenvalue weighted by molar-refractivity contribution is 1.02. The summed E-state index contributed by atoms with van der Waals surface area (Å²) in [7, 11) is 1.27. The lowest BCUT2D eigenvalue weighted by Crippen LogP contribution is -1.97. The van der Waals surface area contributed by atoms with Crippen LogP contribution in [0.5, 0.6) is 0 Å². The zero-order chi connectivity index (χ0) is 8.97. The Morgan fingerprint density at radius 2 is 2.33 bits per heavy atom. The second-order valence-corrected chi connectivity index (χ2v) is 3.31. The minimum Gasteiger partial charge on any atom is -0.326 e. The van der Waals surface area contributed by atoms with Crippen LogP contribution in [0.15, 0.2) is 28.3 Å². The van der Waals surface area contributed by atoms with Gasteiger partial charge in [-0.05, 0) is 17.3 Å². The smallest absolute Gasteiger partial charge is 0.113 e. The van der Waals surface area contributed by atoms with E-state index in [-0.39, 0.29) is 0 Å². The second kappa shape index (κ2) is 4.49. The maximum absolute atomic E-state index is 10.3. The van der Waals surface area contributed by atoms with Crippen LogP contribution in [-0.4, -0.2) is 0 Å². The van der Waals surface area contributed by atoms with E-state index in [2.05, 4.69) is 16.8 Å². The lowest BCUT2D eigenvalue weighted by Gasteiger charge is -2.04. The molecule has 0 aliphatic rings. The largest absolute Gasteiger partial charge is 0.326 e. The number of hydrogen-bond acceptors (Lipinski definition) is 5. The van der Waals surface area contributed by atoms with Crippen LogP contribution in [0.3, 0.4) is 0 Å². The molecule has 5 heteroatoms. The highest BCUT2D eigenvalue weighted by molar-refractivity contribution is 8.68. The molecule has 64 valence electrons. The predicted octanol–water partition coefficient (Wildman–Crippen LogP) is 2.48. The Morgan fingerprint density at radius 3 is 2.83 bits per heavy atom. The molecule has 0 heterocycles. The van der Waals surface area contributed by atoms with Crippen molar-refractivity contribution in [3.8, 4) is 0 Å². The Morgan fingerprint density at radius 1 is 1.58 bits per heavy atom. The van der Waals surface area contributed by atoms with Crippen molar-refractivity contribution in [1.82, 2.24) is 0 Å². The SMILES string of the molecule is NCc1c(N=O)cccc1SS. The Balaban J connectivity index is 3.21. The molecule has 0 radical (unpaired) electrons. The molecule has 0 amide bonds. The molecule has 0 atom stereocenters. The first-order valence-corrected chi connectivity index (χ1v) is 5.17. The predicted molar refractivity (Wildman–Crippen MR) is 54.6 cm³/mol. The topological polar surface area (TPSA) is 55.4 Å². The van der Waals surface area contributed by atoms with Gasteiger partial charge in [0, 0.05) is 17.0 Å². The molecule has 0 saturated carbocycles. The van der Waals surface area contributed by atoms with Crippen LogP contribution in [-0.2, 0) is 6.54 Å². The molecule has 1 aromatic rings. The minimum absolute atomic E-state index is 0.310. The molecule has 1 rings (SSSR count). The summed E-state index contributed by atoms with van der Waals surface area (Å²) in [6, 6.07) is 5.26. The van der Waals surface area contributed by atoms with Crippen LogP contribution >= 0.6 is 22.5 Å². The molecule has 0 aromatic heterocycles. The molecule has 1 aromatic carbocycles. The van der Waals surface area contributed by atoms with E-state index in [9.17, 15) is 4.91 Å². The fourth-order valence-electron chi connectivity index (χ4n) is 0.930. The lowest BCUT2D eigenvalue weighted by atomic mass is 10.2. The van der Waals surface area contributed by atoms with Gasteiger partial charge in [-0.25, -0.2) is 0 Å². The summed E-state index contributed by atoms with van der Waals surface area (Å²) in [4.78, 5) is 11.2. The van der Waals surface area contributed by atoms with Crippen molar-refractivity contribution in [3.63, 3.8) is 0 Å². The fraction of sp³-hybridized carbons (Fsp3) is 0.143. The van der Waals surface area contributed by atoms with Crippen molar-refractivity contribution >= 4 is 28.1 Å². The number of hydrogen-bond donors (Lipinski definition) is 2. The molecule has 0 bridgehead atoms. The highest BCUT2D eigenvalue weighted by atomic mass is 33.1. The average Bonchev–Trinajstić information content (AvgIpc) is 2.16. The van der Waals surface area contributed by atoms with Crippen molar-refractivity contribution in [2.75, 3.05) is 0 Å². The molecule has 0 aliphatic carbocycles. The van der Waals surface area contributed by atoms with Gasteiger partial charge in [-0.15, -0.1) is 16.6 Å². The fourth-order valence-corrected chi connectivity index (χ4v) is 1.88. The van der Waals surface area contributed by atoms with Crippen LogP contribution in [0.4, 0.5) is 5.69 Å². The van der Waals surface area contributed by atoms with Crippen LogP contribution < -0.4 is 5.73 Å². The monoisotopic (exact) mass is 200 g/mol. The van der Waals surface area contributed by atoms with Crippen LogP contribution in [0.25, 0.3) is 0 Å². The number of nitrogens with two attached hydrogens (primary N) is 1. The Kier molecular flexibility index (Phi) is 3.58. The molecule has 3 nitrogen and oxygen atoms in total. The van der Waals surface area contributed by atoms with Gasteiger partial charge in [-0.3, -0.25) is 0 Å². The van der Waals surface area contributed by atoms with E-state index in [1.807, 2.05) is 6.07 Å². The number of benzene rings is 1. The maximum Gasteiger partial charge on any atom is 0.113 e. The van der Waals surface area contributed by atoms with Gasteiger partial charge in [-0.2, -0.15) is 0 Å². The summed E-state index contributed by atoms with van der Waals surface area (Å²) in [5.74, 6) is 0. The summed E-state index contributed by atoms with van der Waals surface area (Å²) in [5.41, 5.74) is 6.61. The quantitative estimate of drug-likeness (QED) is 0.447. The van der Waals surface area contributed by atoms with Gasteiger partial charge in [0.05, 0.1) is 0 Å². The summed E-state index contributed by atoms with van der Waals surface area (Å²) in [6.07, 6.45) is 0. The summed E-state index contributed by atoms with van der Waals surface area (Å²) in [5, 5.41) is 2.87. The van der Waals surface area contributed by atoms with E-state index in [4.69, 9.17) is 5.73 Å². The number of rotatable bonds is 3. The highest BCUT2D eigenvalue weighted by Crippen LogP contribution is 2.31. The van der Waals surface area contributed by atoms with Crippen molar-refractivity contribution in [2.24, 2.45) is 10.9 Å². The van der Waals surface area contributed by atoms with Crippen molar-refractivity contribution < 1.29 is 0 Å². The van der Waals surface area contributed by atoms with Gasteiger partial charge >= 0.3 is 0 Å². The maximum atomic E-state index is 10.3. The molecular weight excluding hydrogens is 192 g/mol. The molecular formula is C7H8N2OS2. The van der Waals surface area contributed by atoms with Crippen LogP contribution in [0, 0.1) is 4.91 Å². The number of nitrogens with zero attached hydrogens (tertiary/aromatic N) is 1. The third-order valence-corrected chi connectivity index (χ3v) is 2.68. The zero-order valence-corrected chi connectivity index (χ0v) is 7.94. The second-order valence-electron chi connectivity index (χ2n) is 2.14. The first kappa shape index (κ1) is 9.57. The summed E-state index contributed by atoms with van der Waals surface area (Å²) in [6.45, 7) is 0.310. The average molecular weight is 200 g/mol. The highest BCUT2D eigenvalue weighted by Gasteiger charge is 2.05. The van der Waals surface area contributed by atoms with Gasteiger partial charge in [0.25, 0.3) is 0 Å². The first-order valence-electron chi connectivity index (χ1n) is 3.30. The van der Waals surface area contributed by atoms with Crippen LogP contribution in [0.1, 0.15) is 5.56 Å². The van der Waals surface area contributed by atoms with Gasteiger partial charge in [0.1, 0.15) is 5.69 Å². The number of nitroso groups, excluding NO2 is 1. The first-order chi connectivity index (χ1) is 5.83. The third-order valence-electron chi connectivity index (χ3n) is 1.51. The normalized spacial score (nSPS) is 9.83. The van der Waals surface area contributed by atoms with E-state index >= 15 is 0 Å². The van der Waals surface area contributed by atoms with Crippen molar-refractivity contribution in [2.45, 2.75) is 11.4 Å². The Hall–Kier alpha value is -0.520. The molecule has 0 aliphatic heterocycles. The molecule has 0 spiro atoms. The molecule has 2 N–H and O–H groups in total. The summed E-state index contributed by atoms with van der Waals surface area (Å²) >= 11 is 4.04. The third kappa shape index (κ3) is 1.80. The van der Waals surface area contributed by atoms with Crippen LogP contribution in [0.2, 0.25) is 0 Å². The van der Waals surface area contributed by atoms with Gasteiger partial charge in [0.2, 0.25) is 0 Å². The summed E-state index contributed by atoms with van der Waals surface area (Å²) < 4.78 is 0. The van der Waals surface area contributed by atoms with Crippen molar-refractivity contribution in [3.05, 3.63) is 28.7 Å². The van der Waals surface area contributed by atoms with E-state index in [1.165, 1.54) is 10.8 Å². The van der Waals surface area contributed by atoms with Crippen molar-refractivity contribution in [1.29, 1.82) is 0 Å². The molecule has 0 fully saturated rings. The molecule has 0 saturated heterocycles. The Labute approximate surface area is 79.5 Å². The molecule has 12 heavy (non-hydrogen) atoms. The van der Waals surface area contributed by atoms with E-state index < -0.39 is 0 Å². The van der Waals surface area contributed by atoms with Gasteiger partial charge in [0.15, 0.2) is 0 Å². The number of thiol groups is 1. The van der Waals surface area contributed by atoms with Gasteiger partial charge in [-0.1, -0.05) is 16.9 Å². The zero-order valence-electron chi connectivity index (χ0n) is 6.23. The van der Waals surface area contributed by atoms with E-state index in [0.29, 0.717) is 12.2 Å². The Bertz CT molecular complexity index is 291. The van der Waals surface area contributed by atoms with E-state index in [1.54, 1.807) is 12.1 Å². The van der Waals surface area contributed by atoms with E-state index in [0.717, 1.165) is 10.5 Å². The minimum atomic E-state index is 0.310. The molecule has 0 unspecified atom stereocenters.